The molecule has 3 aromatic rings. The zero-order valence-electron chi connectivity index (χ0n) is 25.8. The van der Waals surface area contributed by atoms with Gasteiger partial charge in [-0.25, -0.2) is 4.79 Å². The predicted molar refractivity (Wildman–Crippen MR) is 164 cm³/mol. The molecule has 3 aliphatic heterocycles. The first kappa shape index (κ1) is 33.0. The van der Waals surface area contributed by atoms with Crippen LogP contribution >= 0.6 is 0 Å². The molecule has 0 unspecified atom stereocenters. The number of fused-ring (bicyclic) bond motifs is 1. The number of aromatic nitrogens is 1. The van der Waals surface area contributed by atoms with Crippen molar-refractivity contribution in [3.05, 3.63) is 76.7 Å². The molecule has 7 nitrogen and oxygen atoms in total. The molecule has 3 aliphatic rings. The molecule has 2 aromatic carbocycles. The summed E-state index contributed by atoms with van der Waals surface area (Å²) in [4.78, 5) is 37.2. The Morgan fingerprint density at radius 3 is 2.13 bits per heavy atom. The third-order valence-corrected chi connectivity index (χ3v) is 9.77. The minimum Gasteiger partial charge on any atom is -0.361 e. The number of nitrogens with zero attached hydrogens (tertiary/aromatic N) is 4. The Labute approximate surface area is 268 Å². The van der Waals surface area contributed by atoms with Crippen molar-refractivity contribution in [1.29, 1.82) is 0 Å². The van der Waals surface area contributed by atoms with E-state index in [9.17, 15) is 35.9 Å². The second-order valence-electron chi connectivity index (χ2n) is 12.7. The lowest BCUT2D eigenvalue weighted by atomic mass is 9.98. The van der Waals surface area contributed by atoms with Crippen LogP contribution in [-0.4, -0.2) is 94.3 Å². The normalized spacial score (nSPS) is 20.5. The van der Waals surface area contributed by atoms with Crippen molar-refractivity contribution >= 4 is 22.8 Å². The average Bonchev–Trinajstić information content (AvgIpc) is 3.47. The second-order valence-corrected chi connectivity index (χ2v) is 12.7. The minimum atomic E-state index is -5.08. The monoisotopic (exact) mass is 661 g/mol. The first-order chi connectivity index (χ1) is 22.4. The molecular weight excluding hydrogens is 624 g/mol. The van der Waals surface area contributed by atoms with E-state index in [0.29, 0.717) is 37.1 Å². The van der Waals surface area contributed by atoms with Gasteiger partial charge in [-0.15, -0.1) is 0 Å². The van der Waals surface area contributed by atoms with Crippen LogP contribution in [0.5, 0.6) is 0 Å². The Morgan fingerprint density at radius 2 is 1.49 bits per heavy atom. The second kappa shape index (κ2) is 13.3. The third-order valence-electron chi connectivity index (χ3n) is 9.77. The quantitative estimate of drug-likeness (QED) is 0.252. The maximum absolute atomic E-state index is 13.9. The van der Waals surface area contributed by atoms with Gasteiger partial charge in [-0.3, -0.25) is 4.79 Å². The fourth-order valence-corrected chi connectivity index (χ4v) is 7.34. The molecule has 0 bridgehead atoms. The van der Waals surface area contributed by atoms with Crippen molar-refractivity contribution in [2.24, 2.45) is 0 Å². The van der Waals surface area contributed by atoms with Crippen LogP contribution in [0.15, 0.2) is 54.5 Å². The summed E-state index contributed by atoms with van der Waals surface area (Å²) >= 11 is 0. The molecule has 6 rings (SSSR count). The largest absolute Gasteiger partial charge is 0.416 e. The van der Waals surface area contributed by atoms with Gasteiger partial charge in [0.25, 0.3) is 5.91 Å². The molecule has 3 fully saturated rings. The van der Waals surface area contributed by atoms with Crippen LogP contribution in [0.4, 0.5) is 26.3 Å². The number of halogens is 6. The number of likely N-dealkylation sites (tertiary alicyclic amines) is 2. The van der Waals surface area contributed by atoms with Crippen molar-refractivity contribution in [2.75, 3.05) is 45.8 Å². The van der Waals surface area contributed by atoms with Crippen LogP contribution < -0.4 is 0 Å². The summed E-state index contributed by atoms with van der Waals surface area (Å²) in [5.74, 6) is 1.56. The van der Waals surface area contributed by atoms with Crippen molar-refractivity contribution in [2.45, 2.75) is 63.0 Å². The summed E-state index contributed by atoms with van der Waals surface area (Å²) < 4.78 is 81.9. The van der Waals surface area contributed by atoms with E-state index in [4.69, 9.17) is 0 Å². The average molecular weight is 662 g/mol. The van der Waals surface area contributed by atoms with Gasteiger partial charge in [0.15, 0.2) is 11.8 Å². The highest BCUT2D eigenvalue weighted by Gasteiger charge is 2.40. The number of H-pyrrole nitrogens is 1. The summed E-state index contributed by atoms with van der Waals surface area (Å²) in [6.07, 6.45) is -2.66. The number of carbonyl (C=O) groups excluding carboxylic acids is 2. The molecule has 0 aliphatic carbocycles. The highest BCUT2D eigenvalue weighted by molar-refractivity contribution is 5.95. The topological polar surface area (TPSA) is 62.9 Å². The van der Waals surface area contributed by atoms with E-state index in [1.807, 2.05) is 34.1 Å². The van der Waals surface area contributed by atoms with Gasteiger partial charge in [0.05, 0.1) is 17.2 Å². The summed E-state index contributed by atoms with van der Waals surface area (Å²) in [6, 6.07) is 8.29. The van der Waals surface area contributed by atoms with E-state index in [2.05, 4.69) is 15.8 Å². The number of hydrogen-bond acceptors (Lipinski definition) is 5. The number of hydrogen-bond donors (Lipinski definition) is 1. The number of carbonyl (C=O) groups is 1. The number of alkyl halides is 6. The predicted octanol–water partition coefficient (Wildman–Crippen LogP) is 6.20. The van der Waals surface area contributed by atoms with Crippen molar-refractivity contribution in [3.63, 3.8) is 0 Å². The number of amides is 1. The van der Waals surface area contributed by atoms with E-state index < -0.39 is 41.0 Å². The third kappa shape index (κ3) is 7.16. The molecule has 0 radical (unpaired) electrons. The van der Waals surface area contributed by atoms with Gasteiger partial charge in [0.1, 0.15) is 0 Å². The van der Waals surface area contributed by atoms with Crippen LogP contribution in [0.2, 0.25) is 0 Å². The van der Waals surface area contributed by atoms with E-state index in [1.165, 1.54) is 24.2 Å². The molecular formula is C34H37F6N5O2. The standard InChI is InChI=1S/C34H37F6N5O2/c35-33(36,37)25-16-23(17-26(19-25)34(38,39)40)32(47)45-15-14-44(21-28(45)18-24-20-41-30-7-3-2-6-29(24)30)31(22-46)43-12-8-27(9-13-43)42-10-4-1-5-11-42/h2-3,6-7,16-17,19-20,27-28,41H,1,4-5,8-15,18,21H2/t28-/m1/s1. The summed E-state index contributed by atoms with van der Waals surface area (Å²) in [6.45, 7) is 3.85. The van der Waals surface area contributed by atoms with E-state index >= 15 is 0 Å². The van der Waals surface area contributed by atoms with Crippen LogP contribution in [-0.2, 0) is 23.6 Å². The molecule has 0 spiro atoms. The van der Waals surface area contributed by atoms with Gasteiger partial charge in [-0.05, 0) is 75.0 Å². The zero-order valence-corrected chi connectivity index (χ0v) is 25.8. The first-order valence-corrected chi connectivity index (χ1v) is 16.1. The zero-order chi connectivity index (χ0) is 33.3. The van der Waals surface area contributed by atoms with Gasteiger partial charge in [0.2, 0.25) is 0 Å². The molecule has 13 heteroatoms. The van der Waals surface area contributed by atoms with Crippen molar-refractivity contribution in [1.82, 2.24) is 24.6 Å². The molecule has 0 saturated carbocycles. The fourth-order valence-electron chi connectivity index (χ4n) is 7.34. The first-order valence-electron chi connectivity index (χ1n) is 16.1. The molecule has 1 atom stereocenters. The Morgan fingerprint density at radius 1 is 0.830 bits per heavy atom. The van der Waals surface area contributed by atoms with Crippen LogP contribution in [0.1, 0.15) is 59.2 Å². The summed E-state index contributed by atoms with van der Waals surface area (Å²) in [7, 11) is 0. The molecule has 1 aromatic heterocycles. The lowest BCUT2D eigenvalue weighted by Crippen LogP contribution is -2.58. The molecule has 252 valence electrons. The van der Waals surface area contributed by atoms with E-state index in [0.717, 1.165) is 42.4 Å². The maximum atomic E-state index is 13.9. The van der Waals surface area contributed by atoms with Crippen molar-refractivity contribution < 1.29 is 35.9 Å². The van der Waals surface area contributed by atoms with E-state index in [-0.39, 0.29) is 32.1 Å². The Bertz CT molecular complexity index is 1600. The lowest BCUT2D eigenvalue weighted by Gasteiger charge is -2.46. The lowest BCUT2D eigenvalue weighted by molar-refractivity contribution is -0.143. The number of piperazine rings is 1. The molecule has 47 heavy (non-hydrogen) atoms. The number of para-hydroxylation sites is 1. The van der Waals surface area contributed by atoms with E-state index in [1.54, 1.807) is 6.20 Å². The fraction of sp³-hybridized carbons (Fsp3) is 0.500. The summed E-state index contributed by atoms with van der Waals surface area (Å²) in [5.41, 5.74) is -2.08. The number of rotatable bonds is 6. The van der Waals surface area contributed by atoms with Crippen molar-refractivity contribution in [3.8, 4) is 0 Å². The highest BCUT2D eigenvalue weighted by atomic mass is 19.4. The summed E-state index contributed by atoms with van der Waals surface area (Å²) in [5, 5.41) is 0.890. The van der Waals surface area contributed by atoms with Gasteiger partial charge in [-0.2, -0.15) is 26.3 Å². The number of nitrogens with one attached hydrogen (secondary N) is 1. The molecule has 1 N–H and O–H groups in total. The number of aromatic amines is 1. The van der Waals surface area contributed by atoms with Gasteiger partial charge in [0, 0.05) is 61.4 Å². The SMILES string of the molecule is O=C=C(N1CCC(N2CCCCC2)CC1)N1CCN(C(=O)c2cc(C(F)(F)F)cc(C(F)(F)F)c2)[C@H](Cc2c[nH]c3ccccc23)C1. The molecule has 1 amide bonds. The maximum Gasteiger partial charge on any atom is 0.416 e. The highest BCUT2D eigenvalue weighted by Crippen LogP contribution is 2.37. The van der Waals surface area contributed by atoms with Crippen LogP contribution in [0, 0.1) is 0 Å². The Hall–Kier alpha value is -3.96. The molecule has 4 heterocycles. The van der Waals surface area contributed by atoms with Gasteiger partial charge < -0.3 is 24.6 Å². The minimum absolute atomic E-state index is 0.00112. The molecule has 3 saturated heterocycles. The van der Waals surface area contributed by atoms with Gasteiger partial charge >= 0.3 is 12.4 Å². The Balaban J connectivity index is 1.27. The van der Waals surface area contributed by atoms with Crippen LogP contribution in [0.25, 0.3) is 10.9 Å². The van der Waals surface area contributed by atoms with Gasteiger partial charge in [-0.1, -0.05) is 24.6 Å². The smallest absolute Gasteiger partial charge is 0.361 e. The van der Waals surface area contributed by atoms with Crippen LogP contribution in [0.3, 0.4) is 0 Å². The number of piperidine rings is 2. The number of benzene rings is 2. The Kier molecular flexibility index (Phi) is 9.31.